The zero-order chi connectivity index (χ0) is 12.9. The number of sulfonamides is 1. The van der Waals surface area contributed by atoms with Crippen LogP contribution in [0.5, 0.6) is 0 Å². The van der Waals surface area contributed by atoms with E-state index in [0.717, 1.165) is 12.8 Å². The molecule has 98 valence electrons. The largest absolute Gasteiger partial charge is 0.447 e. The van der Waals surface area contributed by atoms with Crippen LogP contribution >= 0.6 is 11.6 Å². The molecule has 1 rings (SSSR count). The number of hydrogen-bond acceptors (Lipinski definition) is 3. The lowest BCUT2D eigenvalue weighted by molar-refractivity contribution is 0.375. The summed E-state index contributed by atoms with van der Waals surface area (Å²) in [6.45, 7) is 4.81. The quantitative estimate of drug-likeness (QED) is 0.721. The van der Waals surface area contributed by atoms with Crippen molar-refractivity contribution in [3.05, 3.63) is 17.9 Å². The van der Waals surface area contributed by atoms with Crippen LogP contribution in [0.1, 0.15) is 32.4 Å². The van der Waals surface area contributed by atoms with E-state index in [9.17, 15) is 8.42 Å². The highest BCUT2D eigenvalue weighted by Crippen LogP contribution is 2.20. The molecule has 0 aliphatic heterocycles. The van der Waals surface area contributed by atoms with Crippen molar-refractivity contribution in [2.75, 3.05) is 13.1 Å². The molecule has 1 aromatic heterocycles. The van der Waals surface area contributed by atoms with Crippen LogP contribution in [0.3, 0.4) is 0 Å². The Hall–Kier alpha value is -0.520. The van der Waals surface area contributed by atoms with E-state index in [1.54, 1.807) is 6.07 Å². The summed E-state index contributed by atoms with van der Waals surface area (Å²) in [5, 5.41) is -0.0221. The second-order valence-electron chi connectivity index (χ2n) is 3.70. The van der Waals surface area contributed by atoms with Gasteiger partial charge < -0.3 is 4.42 Å². The molecule has 0 bridgehead atoms. The molecular formula is C11H18ClNO3S. The molecule has 4 nitrogen and oxygen atoms in total. The normalized spacial score (nSPS) is 12.2. The standard InChI is InChI=1S/C11H18ClNO3S/c1-3-5-8-13(4-2)17(14,15)11-7-6-10(9-12)16-11/h6-7H,3-5,8-9H2,1-2H3. The average molecular weight is 280 g/mol. The Kier molecular flexibility index (Phi) is 5.49. The van der Waals surface area contributed by atoms with Crippen LogP contribution in [0.2, 0.25) is 0 Å². The van der Waals surface area contributed by atoms with Gasteiger partial charge in [-0.1, -0.05) is 20.3 Å². The van der Waals surface area contributed by atoms with Crippen molar-refractivity contribution in [2.24, 2.45) is 0 Å². The first-order valence-electron chi connectivity index (χ1n) is 5.71. The topological polar surface area (TPSA) is 50.5 Å². The van der Waals surface area contributed by atoms with Crippen molar-refractivity contribution >= 4 is 21.6 Å². The molecule has 0 aromatic carbocycles. The van der Waals surface area contributed by atoms with Crippen LogP contribution in [0.25, 0.3) is 0 Å². The Bertz CT molecular complexity index is 441. The summed E-state index contributed by atoms with van der Waals surface area (Å²) < 4.78 is 31.0. The molecule has 0 saturated carbocycles. The summed E-state index contributed by atoms with van der Waals surface area (Å²) >= 11 is 5.59. The number of alkyl halides is 1. The summed E-state index contributed by atoms with van der Waals surface area (Å²) in [6, 6.07) is 3.05. The monoisotopic (exact) mass is 279 g/mol. The van der Waals surface area contributed by atoms with Crippen LogP contribution in [0.15, 0.2) is 21.6 Å². The van der Waals surface area contributed by atoms with Gasteiger partial charge in [-0.3, -0.25) is 0 Å². The summed E-state index contributed by atoms with van der Waals surface area (Å²) in [5.74, 6) is 0.646. The van der Waals surface area contributed by atoms with Crippen molar-refractivity contribution in [3.63, 3.8) is 0 Å². The van der Waals surface area contributed by atoms with E-state index >= 15 is 0 Å². The summed E-state index contributed by atoms with van der Waals surface area (Å²) in [4.78, 5) is 0. The fraction of sp³-hybridized carbons (Fsp3) is 0.636. The lowest BCUT2D eigenvalue weighted by Gasteiger charge is -2.18. The minimum absolute atomic E-state index is 0.0221. The third-order valence-electron chi connectivity index (χ3n) is 2.48. The lowest BCUT2D eigenvalue weighted by Crippen LogP contribution is -2.31. The van der Waals surface area contributed by atoms with Gasteiger partial charge in [0.2, 0.25) is 5.09 Å². The average Bonchev–Trinajstić information content (AvgIpc) is 2.79. The van der Waals surface area contributed by atoms with Crippen LogP contribution < -0.4 is 0 Å². The maximum absolute atomic E-state index is 12.2. The third-order valence-corrected chi connectivity index (χ3v) is 4.59. The van der Waals surface area contributed by atoms with Crippen molar-refractivity contribution in [2.45, 2.75) is 37.7 Å². The Morgan fingerprint density at radius 3 is 2.53 bits per heavy atom. The van der Waals surface area contributed by atoms with Crippen molar-refractivity contribution in [1.82, 2.24) is 4.31 Å². The highest BCUT2D eigenvalue weighted by atomic mass is 35.5. The van der Waals surface area contributed by atoms with Gasteiger partial charge in [0.1, 0.15) is 5.76 Å². The van der Waals surface area contributed by atoms with Gasteiger partial charge in [-0.05, 0) is 18.6 Å². The van der Waals surface area contributed by atoms with Crippen LogP contribution in [-0.4, -0.2) is 25.8 Å². The molecule has 0 N–H and O–H groups in total. The van der Waals surface area contributed by atoms with E-state index in [1.807, 2.05) is 13.8 Å². The number of furan rings is 1. The molecule has 6 heteroatoms. The van der Waals surface area contributed by atoms with Crippen LogP contribution in [0.4, 0.5) is 0 Å². The maximum atomic E-state index is 12.2. The zero-order valence-electron chi connectivity index (χ0n) is 10.1. The van der Waals surface area contributed by atoms with E-state index in [0.29, 0.717) is 18.8 Å². The molecule has 0 radical (unpaired) electrons. The molecule has 1 heterocycles. The van der Waals surface area contributed by atoms with Gasteiger partial charge in [0.25, 0.3) is 10.0 Å². The predicted octanol–water partition coefficient (Wildman–Crippen LogP) is 2.83. The molecule has 0 atom stereocenters. The Labute approximate surface area is 108 Å². The SMILES string of the molecule is CCCCN(CC)S(=O)(=O)c1ccc(CCl)o1. The Morgan fingerprint density at radius 2 is 2.06 bits per heavy atom. The van der Waals surface area contributed by atoms with Gasteiger partial charge in [0.05, 0.1) is 5.88 Å². The fourth-order valence-corrected chi connectivity index (χ4v) is 3.04. The molecule has 17 heavy (non-hydrogen) atoms. The second kappa shape index (κ2) is 6.42. The molecule has 0 aliphatic carbocycles. The van der Waals surface area contributed by atoms with Crippen molar-refractivity contribution < 1.29 is 12.8 Å². The first-order valence-corrected chi connectivity index (χ1v) is 7.68. The number of rotatable bonds is 7. The first-order chi connectivity index (χ1) is 8.06. The molecule has 0 saturated heterocycles. The van der Waals surface area contributed by atoms with Gasteiger partial charge in [-0.25, -0.2) is 8.42 Å². The van der Waals surface area contributed by atoms with E-state index in [1.165, 1.54) is 10.4 Å². The van der Waals surface area contributed by atoms with Gasteiger partial charge >= 0.3 is 0 Å². The van der Waals surface area contributed by atoms with Gasteiger partial charge in [0, 0.05) is 13.1 Å². The molecular weight excluding hydrogens is 262 g/mol. The van der Waals surface area contributed by atoms with Crippen LogP contribution in [0, 0.1) is 0 Å². The fourth-order valence-electron chi connectivity index (χ4n) is 1.48. The summed E-state index contributed by atoms with van der Waals surface area (Å²) in [6.07, 6.45) is 1.80. The van der Waals surface area contributed by atoms with Crippen molar-refractivity contribution in [1.29, 1.82) is 0 Å². The minimum atomic E-state index is -3.50. The van der Waals surface area contributed by atoms with E-state index in [4.69, 9.17) is 16.0 Å². The molecule has 0 fully saturated rings. The Morgan fingerprint density at radius 1 is 1.35 bits per heavy atom. The minimum Gasteiger partial charge on any atom is -0.447 e. The first kappa shape index (κ1) is 14.5. The highest BCUT2D eigenvalue weighted by Gasteiger charge is 2.25. The third kappa shape index (κ3) is 3.47. The van der Waals surface area contributed by atoms with Crippen LogP contribution in [-0.2, 0) is 15.9 Å². The number of nitrogens with zero attached hydrogens (tertiary/aromatic N) is 1. The number of hydrogen-bond donors (Lipinski definition) is 0. The van der Waals surface area contributed by atoms with E-state index in [-0.39, 0.29) is 11.0 Å². The number of halogens is 1. The van der Waals surface area contributed by atoms with E-state index in [2.05, 4.69) is 0 Å². The van der Waals surface area contributed by atoms with E-state index < -0.39 is 10.0 Å². The molecule has 0 unspecified atom stereocenters. The highest BCUT2D eigenvalue weighted by molar-refractivity contribution is 7.89. The molecule has 0 amide bonds. The van der Waals surface area contributed by atoms with Gasteiger partial charge in [0.15, 0.2) is 0 Å². The van der Waals surface area contributed by atoms with Gasteiger partial charge in [-0.2, -0.15) is 4.31 Å². The summed E-state index contributed by atoms with van der Waals surface area (Å²) in [5.41, 5.74) is 0. The smallest absolute Gasteiger partial charge is 0.276 e. The summed E-state index contributed by atoms with van der Waals surface area (Å²) in [7, 11) is -3.50. The number of unbranched alkanes of at least 4 members (excludes halogenated alkanes) is 1. The molecule has 1 aromatic rings. The van der Waals surface area contributed by atoms with Gasteiger partial charge in [-0.15, -0.1) is 11.6 Å². The van der Waals surface area contributed by atoms with Crippen molar-refractivity contribution in [3.8, 4) is 0 Å². The lowest BCUT2D eigenvalue weighted by atomic mass is 10.3. The maximum Gasteiger partial charge on any atom is 0.276 e. The molecule has 0 spiro atoms. The molecule has 0 aliphatic rings. The second-order valence-corrected chi connectivity index (χ2v) is 5.84. The predicted molar refractivity (Wildman–Crippen MR) is 67.6 cm³/mol. The zero-order valence-corrected chi connectivity index (χ0v) is 11.7. The Balaban J connectivity index is 2.91.